The molecule has 0 amide bonds. The van der Waals surface area contributed by atoms with Crippen LogP contribution in [0.5, 0.6) is 5.88 Å². The highest BCUT2D eigenvalue weighted by molar-refractivity contribution is 9.10. The van der Waals surface area contributed by atoms with E-state index in [9.17, 15) is 0 Å². The Hall–Kier alpha value is -1.65. The van der Waals surface area contributed by atoms with E-state index >= 15 is 0 Å². The zero-order valence-electron chi connectivity index (χ0n) is 10.4. The van der Waals surface area contributed by atoms with Gasteiger partial charge in [-0.25, -0.2) is 4.98 Å². The van der Waals surface area contributed by atoms with Crippen molar-refractivity contribution in [1.29, 1.82) is 0 Å². The van der Waals surface area contributed by atoms with Gasteiger partial charge in [0.05, 0.1) is 10.9 Å². The minimum absolute atomic E-state index is 0.188. The smallest absolute Gasteiger partial charge is 0.226 e. The van der Waals surface area contributed by atoms with Gasteiger partial charge in [-0.3, -0.25) is 0 Å². The SMILES string of the molecule is Clc1nc(OCc2cccc(Br)c2)c2ccccc2n1. The van der Waals surface area contributed by atoms with Crippen molar-refractivity contribution in [2.75, 3.05) is 0 Å². The summed E-state index contributed by atoms with van der Waals surface area (Å²) in [6, 6.07) is 15.6. The minimum atomic E-state index is 0.188. The lowest BCUT2D eigenvalue weighted by atomic mass is 10.2. The van der Waals surface area contributed by atoms with Gasteiger partial charge in [0, 0.05) is 4.47 Å². The normalized spacial score (nSPS) is 10.7. The van der Waals surface area contributed by atoms with E-state index in [0.29, 0.717) is 12.5 Å². The molecular formula is C15H10BrClN2O. The molecule has 5 heteroatoms. The van der Waals surface area contributed by atoms with Crippen LogP contribution < -0.4 is 4.74 Å². The average molecular weight is 350 g/mol. The number of halogens is 2. The molecule has 0 atom stereocenters. The third-order valence-corrected chi connectivity index (χ3v) is 3.47. The van der Waals surface area contributed by atoms with Gasteiger partial charge in [-0.2, -0.15) is 4.98 Å². The molecule has 0 saturated heterocycles. The van der Waals surface area contributed by atoms with Crippen LogP contribution in [0.2, 0.25) is 5.28 Å². The molecule has 0 spiro atoms. The Morgan fingerprint density at radius 2 is 1.90 bits per heavy atom. The fourth-order valence-corrected chi connectivity index (χ4v) is 2.52. The summed E-state index contributed by atoms with van der Waals surface area (Å²) in [7, 11) is 0. The molecular weight excluding hydrogens is 340 g/mol. The van der Waals surface area contributed by atoms with Gasteiger partial charge in [-0.1, -0.05) is 40.2 Å². The molecule has 1 heterocycles. The monoisotopic (exact) mass is 348 g/mol. The first-order valence-corrected chi connectivity index (χ1v) is 7.19. The summed E-state index contributed by atoms with van der Waals surface area (Å²) >= 11 is 9.36. The summed E-state index contributed by atoms with van der Waals surface area (Å²) in [6.45, 7) is 0.427. The Morgan fingerprint density at radius 3 is 2.75 bits per heavy atom. The molecule has 20 heavy (non-hydrogen) atoms. The molecule has 2 aromatic carbocycles. The Balaban J connectivity index is 1.91. The summed E-state index contributed by atoms with van der Waals surface area (Å²) in [4.78, 5) is 8.33. The lowest BCUT2D eigenvalue weighted by molar-refractivity contribution is 0.297. The molecule has 0 radical (unpaired) electrons. The van der Waals surface area contributed by atoms with Crippen LogP contribution in [-0.2, 0) is 6.61 Å². The van der Waals surface area contributed by atoms with Crippen LogP contribution in [0.3, 0.4) is 0 Å². The fourth-order valence-electron chi connectivity index (χ4n) is 1.91. The standard InChI is InChI=1S/C15H10BrClN2O/c16-11-5-3-4-10(8-11)9-20-14-12-6-1-2-7-13(12)18-15(17)19-14/h1-8H,9H2. The Labute approximate surface area is 129 Å². The third kappa shape index (κ3) is 2.92. The molecule has 3 nitrogen and oxygen atoms in total. The van der Waals surface area contributed by atoms with E-state index in [1.165, 1.54) is 0 Å². The van der Waals surface area contributed by atoms with Gasteiger partial charge in [0.1, 0.15) is 6.61 Å². The maximum atomic E-state index is 5.92. The van der Waals surface area contributed by atoms with Crippen molar-refractivity contribution in [3.8, 4) is 5.88 Å². The van der Waals surface area contributed by atoms with Crippen molar-refractivity contribution in [3.63, 3.8) is 0 Å². The van der Waals surface area contributed by atoms with Gasteiger partial charge in [0.15, 0.2) is 0 Å². The average Bonchev–Trinajstić information content (AvgIpc) is 2.44. The number of aromatic nitrogens is 2. The molecule has 0 unspecified atom stereocenters. The van der Waals surface area contributed by atoms with E-state index in [2.05, 4.69) is 25.9 Å². The first-order valence-electron chi connectivity index (χ1n) is 6.02. The molecule has 0 fully saturated rings. The molecule has 1 aromatic heterocycles. The van der Waals surface area contributed by atoms with Crippen LogP contribution in [0.1, 0.15) is 5.56 Å². The maximum Gasteiger partial charge on any atom is 0.226 e. The lowest BCUT2D eigenvalue weighted by Gasteiger charge is -2.08. The summed E-state index contributed by atoms with van der Waals surface area (Å²) in [5.41, 5.74) is 1.83. The quantitative estimate of drug-likeness (QED) is 0.647. The molecule has 100 valence electrons. The van der Waals surface area contributed by atoms with Crippen LogP contribution >= 0.6 is 27.5 Å². The van der Waals surface area contributed by atoms with Gasteiger partial charge >= 0.3 is 0 Å². The maximum absolute atomic E-state index is 5.92. The molecule has 0 saturated carbocycles. The summed E-state index contributed by atoms with van der Waals surface area (Å²) < 4.78 is 6.80. The summed E-state index contributed by atoms with van der Waals surface area (Å²) in [5.74, 6) is 0.501. The molecule has 0 aliphatic rings. The number of para-hydroxylation sites is 1. The van der Waals surface area contributed by atoms with Crippen molar-refractivity contribution in [1.82, 2.24) is 9.97 Å². The highest BCUT2D eigenvalue weighted by Crippen LogP contribution is 2.24. The number of benzene rings is 2. The van der Waals surface area contributed by atoms with E-state index in [4.69, 9.17) is 16.3 Å². The number of nitrogens with zero attached hydrogens (tertiary/aromatic N) is 2. The van der Waals surface area contributed by atoms with Crippen molar-refractivity contribution < 1.29 is 4.74 Å². The number of rotatable bonds is 3. The zero-order chi connectivity index (χ0) is 13.9. The van der Waals surface area contributed by atoms with E-state index in [-0.39, 0.29) is 5.28 Å². The highest BCUT2D eigenvalue weighted by atomic mass is 79.9. The molecule has 3 rings (SSSR count). The van der Waals surface area contributed by atoms with Gasteiger partial charge in [-0.05, 0) is 41.4 Å². The van der Waals surface area contributed by atoms with E-state index < -0.39 is 0 Å². The van der Waals surface area contributed by atoms with Crippen LogP contribution in [0.15, 0.2) is 53.0 Å². The largest absolute Gasteiger partial charge is 0.472 e. The van der Waals surface area contributed by atoms with E-state index in [1.807, 2.05) is 48.5 Å². The minimum Gasteiger partial charge on any atom is -0.472 e. The second-order valence-electron chi connectivity index (χ2n) is 4.23. The van der Waals surface area contributed by atoms with E-state index in [1.54, 1.807) is 0 Å². The highest BCUT2D eigenvalue weighted by Gasteiger charge is 2.07. The van der Waals surface area contributed by atoms with Gasteiger partial charge in [-0.15, -0.1) is 0 Å². The van der Waals surface area contributed by atoms with Crippen molar-refractivity contribution in [2.45, 2.75) is 6.61 Å². The Bertz CT molecular complexity index is 764. The summed E-state index contributed by atoms with van der Waals surface area (Å²) in [5, 5.41) is 1.04. The number of hydrogen-bond donors (Lipinski definition) is 0. The molecule has 0 N–H and O–H groups in total. The Kier molecular flexibility index (Phi) is 3.85. The first-order chi connectivity index (χ1) is 9.72. The predicted octanol–water partition coefficient (Wildman–Crippen LogP) is 4.62. The van der Waals surface area contributed by atoms with Gasteiger partial charge in [0.25, 0.3) is 0 Å². The van der Waals surface area contributed by atoms with Crippen molar-refractivity contribution in [2.24, 2.45) is 0 Å². The van der Waals surface area contributed by atoms with Crippen LogP contribution in [0, 0.1) is 0 Å². The zero-order valence-corrected chi connectivity index (χ0v) is 12.7. The second kappa shape index (κ2) is 5.77. The van der Waals surface area contributed by atoms with Gasteiger partial charge in [0.2, 0.25) is 11.2 Å². The summed E-state index contributed by atoms with van der Waals surface area (Å²) in [6.07, 6.45) is 0. The molecule has 0 aliphatic carbocycles. The third-order valence-electron chi connectivity index (χ3n) is 2.81. The first kappa shape index (κ1) is 13.3. The lowest BCUT2D eigenvalue weighted by Crippen LogP contribution is -1.99. The topological polar surface area (TPSA) is 35.0 Å². The number of ether oxygens (including phenoxy) is 1. The van der Waals surface area contributed by atoms with Gasteiger partial charge < -0.3 is 4.74 Å². The second-order valence-corrected chi connectivity index (χ2v) is 5.49. The van der Waals surface area contributed by atoms with Crippen LogP contribution in [0.25, 0.3) is 10.9 Å². The van der Waals surface area contributed by atoms with Crippen molar-refractivity contribution in [3.05, 3.63) is 63.9 Å². The van der Waals surface area contributed by atoms with E-state index in [0.717, 1.165) is 20.9 Å². The molecule has 0 bridgehead atoms. The number of fused-ring (bicyclic) bond motifs is 1. The number of hydrogen-bond acceptors (Lipinski definition) is 3. The predicted molar refractivity (Wildman–Crippen MR) is 83.0 cm³/mol. The van der Waals surface area contributed by atoms with Crippen LogP contribution in [-0.4, -0.2) is 9.97 Å². The van der Waals surface area contributed by atoms with Crippen LogP contribution in [0.4, 0.5) is 0 Å². The molecule has 3 aromatic rings. The van der Waals surface area contributed by atoms with Crippen molar-refractivity contribution >= 4 is 38.4 Å². The fraction of sp³-hybridized carbons (Fsp3) is 0.0667. The molecule has 0 aliphatic heterocycles. The Morgan fingerprint density at radius 1 is 1.05 bits per heavy atom.